The molecule has 0 spiro atoms. The van der Waals surface area contributed by atoms with Crippen molar-refractivity contribution in [3.8, 4) is 0 Å². The quantitative estimate of drug-likeness (QED) is 0.713. The van der Waals surface area contributed by atoms with E-state index in [1.807, 2.05) is 31.2 Å². The fraction of sp³-hybridized carbons (Fsp3) is 0.0667. The third kappa shape index (κ3) is 3.90. The van der Waals surface area contributed by atoms with Crippen LogP contribution in [-0.2, 0) is 0 Å². The van der Waals surface area contributed by atoms with E-state index >= 15 is 0 Å². The van der Waals surface area contributed by atoms with Gasteiger partial charge in [0.15, 0.2) is 0 Å². The number of amides is 1. The third-order valence-electron chi connectivity index (χ3n) is 2.86. The Morgan fingerprint density at radius 3 is 2.52 bits per heavy atom. The second-order valence-corrected chi connectivity index (χ2v) is 6.70. The number of hydrogen-bond acceptors (Lipinski definition) is 2. The lowest BCUT2D eigenvalue weighted by Crippen LogP contribution is -2.18. The van der Waals surface area contributed by atoms with Crippen molar-refractivity contribution in [2.45, 2.75) is 6.92 Å². The molecule has 2 rings (SSSR count). The zero-order valence-corrected chi connectivity index (χ0v) is 15.1. The summed E-state index contributed by atoms with van der Waals surface area (Å²) in [5.41, 5.74) is 8.48. The first-order valence-corrected chi connectivity index (χ1v) is 8.05. The van der Waals surface area contributed by atoms with Crippen molar-refractivity contribution >= 4 is 60.7 Å². The Labute approximate surface area is 145 Å². The van der Waals surface area contributed by atoms with E-state index < -0.39 is 0 Å². The Balaban J connectivity index is 2.36. The molecule has 3 N–H and O–H groups in total. The van der Waals surface area contributed by atoms with Crippen molar-refractivity contribution < 1.29 is 4.79 Å². The molecule has 2 aromatic rings. The lowest BCUT2D eigenvalue weighted by atomic mass is 10.1. The van der Waals surface area contributed by atoms with Crippen LogP contribution in [0.4, 0.5) is 5.69 Å². The number of benzene rings is 2. The van der Waals surface area contributed by atoms with Crippen molar-refractivity contribution in [2.75, 3.05) is 5.32 Å². The van der Waals surface area contributed by atoms with Gasteiger partial charge in [0.25, 0.3) is 5.91 Å². The predicted octanol–water partition coefficient (Wildman–Crippen LogP) is 4.41. The summed E-state index contributed by atoms with van der Waals surface area (Å²) in [6.45, 7) is 1.93. The van der Waals surface area contributed by atoms with Gasteiger partial charge in [-0.1, -0.05) is 39.8 Å². The van der Waals surface area contributed by atoms with Crippen molar-refractivity contribution in [2.24, 2.45) is 5.73 Å². The van der Waals surface area contributed by atoms with Crippen LogP contribution in [0.5, 0.6) is 0 Å². The number of nitrogens with one attached hydrogen (secondary N) is 1. The minimum absolute atomic E-state index is 0.217. The number of carbonyl (C=O) groups excluding carboxylic acids is 1. The van der Waals surface area contributed by atoms with Gasteiger partial charge in [-0.05, 0) is 53.2 Å². The second-order valence-electron chi connectivity index (χ2n) is 4.49. The summed E-state index contributed by atoms with van der Waals surface area (Å²) in [6, 6.07) is 11.0. The maximum absolute atomic E-state index is 12.4. The summed E-state index contributed by atoms with van der Waals surface area (Å²) in [4.78, 5) is 12.6. The van der Waals surface area contributed by atoms with Crippen molar-refractivity contribution in [1.82, 2.24) is 0 Å². The molecule has 0 heterocycles. The van der Waals surface area contributed by atoms with Crippen LogP contribution in [0.3, 0.4) is 0 Å². The van der Waals surface area contributed by atoms with E-state index in [1.54, 1.807) is 12.1 Å². The van der Waals surface area contributed by atoms with Gasteiger partial charge < -0.3 is 11.1 Å². The average Bonchev–Trinajstić information content (AvgIpc) is 2.43. The molecule has 0 unspecified atom stereocenters. The highest BCUT2D eigenvalue weighted by atomic mass is 79.9. The molecule has 0 aliphatic heterocycles. The van der Waals surface area contributed by atoms with Crippen molar-refractivity contribution in [3.05, 3.63) is 62.0 Å². The average molecular weight is 428 g/mol. The second kappa shape index (κ2) is 6.68. The molecule has 0 aromatic heterocycles. The minimum Gasteiger partial charge on any atom is -0.389 e. The maximum atomic E-state index is 12.4. The van der Waals surface area contributed by atoms with Crippen molar-refractivity contribution in [1.29, 1.82) is 0 Å². The molecule has 0 fully saturated rings. The van der Waals surface area contributed by atoms with Gasteiger partial charge in [-0.3, -0.25) is 4.79 Å². The van der Waals surface area contributed by atoms with Gasteiger partial charge in [0.1, 0.15) is 4.99 Å². The highest BCUT2D eigenvalue weighted by Gasteiger charge is 2.13. The monoisotopic (exact) mass is 426 g/mol. The number of anilines is 1. The number of aryl methyl sites for hydroxylation is 1. The molecular weight excluding hydrogens is 416 g/mol. The van der Waals surface area contributed by atoms with Crippen molar-refractivity contribution in [3.63, 3.8) is 0 Å². The predicted molar refractivity (Wildman–Crippen MR) is 96.9 cm³/mol. The molecule has 21 heavy (non-hydrogen) atoms. The largest absolute Gasteiger partial charge is 0.389 e. The molecule has 0 saturated heterocycles. The number of halogens is 2. The molecular formula is C15H12Br2N2OS. The SMILES string of the molecule is Cc1ccc(Br)c(C(=O)Nc2ccc(Br)cc2C(N)=S)c1. The normalized spacial score (nSPS) is 10.2. The molecule has 108 valence electrons. The van der Waals surface area contributed by atoms with Gasteiger partial charge in [0, 0.05) is 14.5 Å². The van der Waals surface area contributed by atoms with Gasteiger partial charge in [-0.2, -0.15) is 0 Å². The zero-order valence-electron chi connectivity index (χ0n) is 11.1. The summed E-state index contributed by atoms with van der Waals surface area (Å²) < 4.78 is 1.58. The topological polar surface area (TPSA) is 55.1 Å². The number of thiocarbonyl (C=S) groups is 1. The standard InChI is InChI=1S/C15H12Br2N2OS/c1-8-2-4-12(17)10(6-8)15(20)19-13-5-3-9(16)7-11(13)14(18)21/h2-7H,1H3,(H2,18,21)(H,19,20). The number of rotatable bonds is 3. The Morgan fingerprint density at radius 2 is 1.86 bits per heavy atom. The molecule has 1 amide bonds. The first kappa shape index (κ1) is 16.1. The van der Waals surface area contributed by atoms with E-state index in [0.29, 0.717) is 16.8 Å². The summed E-state index contributed by atoms with van der Waals surface area (Å²) in [5, 5.41) is 2.85. The minimum atomic E-state index is -0.217. The smallest absolute Gasteiger partial charge is 0.256 e. The summed E-state index contributed by atoms with van der Waals surface area (Å²) in [7, 11) is 0. The van der Waals surface area contributed by atoms with Crippen LogP contribution in [0.15, 0.2) is 45.3 Å². The molecule has 0 radical (unpaired) electrons. The van der Waals surface area contributed by atoms with Gasteiger partial charge in [-0.15, -0.1) is 0 Å². The lowest BCUT2D eigenvalue weighted by molar-refractivity contribution is 0.102. The summed E-state index contributed by atoms with van der Waals surface area (Å²) in [6.07, 6.45) is 0. The highest BCUT2D eigenvalue weighted by Crippen LogP contribution is 2.24. The van der Waals surface area contributed by atoms with E-state index in [0.717, 1.165) is 14.5 Å². The van der Waals surface area contributed by atoms with Gasteiger partial charge >= 0.3 is 0 Å². The van der Waals surface area contributed by atoms with Gasteiger partial charge in [0.05, 0.1) is 11.3 Å². The molecule has 0 aliphatic rings. The fourth-order valence-corrected chi connectivity index (χ4v) is 2.79. The summed E-state index contributed by atoms with van der Waals surface area (Å²) >= 11 is 11.8. The highest BCUT2D eigenvalue weighted by molar-refractivity contribution is 9.10. The third-order valence-corrected chi connectivity index (χ3v) is 4.27. The number of hydrogen-bond donors (Lipinski definition) is 2. The van der Waals surface area contributed by atoms with Crippen LogP contribution in [0.2, 0.25) is 0 Å². The van der Waals surface area contributed by atoms with Gasteiger partial charge in [-0.25, -0.2) is 0 Å². The van der Waals surface area contributed by atoms with Crippen LogP contribution in [0.1, 0.15) is 21.5 Å². The maximum Gasteiger partial charge on any atom is 0.256 e. The number of nitrogens with two attached hydrogens (primary N) is 1. The Morgan fingerprint density at radius 1 is 1.14 bits per heavy atom. The summed E-state index contributed by atoms with van der Waals surface area (Å²) in [5.74, 6) is -0.217. The molecule has 0 atom stereocenters. The fourth-order valence-electron chi connectivity index (χ4n) is 1.83. The molecule has 0 aliphatic carbocycles. The molecule has 0 bridgehead atoms. The van der Waals surface area contributed by atoms with E-state index in [1.165, 1.54) is 0 Å². The zero-order chi connectivity index (χ0) is 15.6. The first-order valence-electron chi connectivity index (χ1n) is 6.05. The van der Waals surface area contributed by atoms with E-state index in [2.05, 4.69) is 37.2 Å². The van der Waals surface area contributed by atoms with Crippen LogP contribution >= 0.6 is 44.1 Å². The van der Waals surface area contributed by atoms with Crippen LogP contribution < -0.4 is 11.1 Å². The molecule has 2 aromatic carbocycles. The Bertz CT molecular complexity index is 732. The van der Waals surface area contributed by atoms with E-state index in [4.69, 9.17) is 18.0 Å². The van der Waals surface area contributed by atoms with Crippen LogP contribution in [0, 0.1) is 6.92 Å². The Kier molecular flexibility index (Phi) is 5.13. The molecule has 6 heteroatoms. The molecule has 3 nitrogen and oxygen atoms in total. The van der Waals surface area contributed by atoms with Crippen LogP contribution in [0.25, 0.3) is 0 Å². The lowest BCUT2D eigenvalue weighted by Gasteiger charge is -2.12. The van der Waals surface area contributed by atoms with Gasteiger partial charge in [0.2, 0.25) is 0 Å². The van der Waals surface area contributed by atoms with E-state index in [-0.39, 0.29) is 10.9 Å². The molecule has 0 saturated carbocycles. The number of carbonyl (C=O) groups is 1. The first-order chi connectivity index (χ1) is 9.88. The Hall–Kier alpha value is -1.24. The van der Waals surface area contributed by atoms with E-state index in [9.17, 15) is 4.79 Å². The van der Waals surface area contributed by atoms with Crippen LogP contribution in [-0.4, -0.2) is 10.9 Å².